The number of carbonyl (C=O) groups excluding carboxylic acids is 2. The van der Waals surface area contributed by atoms with E-state index in [-0.39, 0.29) is 11.8 Å². The van der Waals surface area contributed by atoms with Crippen LogP contribution in [0.5, 0.6) is 5.75 Å². The summed E-state index contributed by atoms with van der Waals surface area (Å²) in [6.45, 7) is 1.34. The van der Waals surface area contributed by atoms with Gasteiger partial charge in [0.05, 0.1) is 5.02 Å². The van der Waals surface area contributed by atoms with Crippen molar-refractivity contribution in [2.24, 2.45) is 0 Å². The van der Waals surface area contributed by atoms with Gasteiger partial charge in [0.2, 0.25) is 5.91 Å². The molecule has 2 aromatic carbocycles. The molecule has 0 spiro atoms. The van der Waals surface area contributed by atoms with E-state index in [1.54, 1.807) is 37.4 Å². The fourth-order valence-electron chi connectivity index (χ4n) is 1.91. The van der Waals surface area contributed by atoms with Crippen LogP contribution in [0.15, 0.2) is 42.5 Å². The number of halogens is 1. The monoisotopic (exact) mass is 318 g/mol. The number of nitrogens with one attached hydrogen (secondary N) is 2. The van der Waals surface area contributed by atoms with Gasteiger partial charge in [0.15, 0.2) is 5.75 Å². The standard InChI is InChI=1S/C16H15ClN2O3/c1-10(20)19-22-14-8-4-7-13(15(14)17)11-5-3-6-12(9-11)16(21)18-2/h3-9H,1-2H3,(H,18,21)(H,19,20). The maximum Gasteiger partial charge on any atom is 0.251 e. The molecule has 0 saturated heterocycles. The summed E-state index contributed by atoms with van der Waals surface area (Å²) in [5.74, 6) is -0.175. The van der Waals surface area contributed by atoms with Crippen LogP contribution >= 0.6 is 11.6 Å². The van der Waals surface area contributed by atoms with Crippen LogP contribution < -0.4 is 15.6 Å². The van der Waals surface area contributed by atoms with Crippen molar-refractivity contribution in [3.8, 4) is 16.9 Å². The van der Waals surface area contributed by atoms with Gasteiger partial charge < -0.3 is 10.2 Å². The summed E-state index contributed by atoms with van der Waals surface area (Å²) in [6, 6.07) is 12.3. The normalized spacial score (nSPS) is 9.95. The first kappa shape index (κ1) is 15.9. The van der Waals surface area contributed by atoms with Crippen molar-refractivity contribution >= 4 is 23.4 Å². The molecule has 5 nitrogen and oxygen atoms in total. The Balaban J connectivity index is 2.38. The number of rotatable bonds is 4. The largest absolute Gasteiger partial charge is 0.378 e. The first-order valence-electron chi connectivity index (χ1n) is 6.57. The zero-order chi connectivity index (χ0) is 16.1. The van der Waals surface area contributed by atoms with Gasteiger partial charge in [0.25, 0.3) is 5.91 Å². The van der Waals surface area contributed by atoms with Crippen LogP contribution in [0.1, 0.15) is 17.3 Å². The van der Waals surface area contributed by atoms with Gasteiger partial charge in [-0.3, -0.25) is 9.59 Å². The van der Waals surface area contributed by atoms with Crippen molar-refractivity contribution in [2.75, 3.05) is 7.05 Å². The van der Waals surface area contributed by atoms with Crippen LogP contribution in [0, 0.1) is 0 Å². The number of hydroxylamine groups is 1. The number of carbonyl (C=O) groups is 2. The molecule has 0 aliphatic rings. The maximum atomic E-state index is 11.7. The van der Waals surface area contributed by atoms with Crippen LogP contribution in [0.3, 0.4) is 0 Å². The zero-order valence-electron chi connectivity index (χ0n) is 12.1. The zero-order valence-corrected chi connectivity index (χ0v) is 12.9. The summed E-state index contributed by atoms with van der Waals surface area (Å²) in [7, 11) is 1.57. The van der Waals surface area contributed by atoms with Crippen LogP contribution in [-0.2, 0) is 4.79 Å². The molecule has 22 heavy (non-hydrogen) atoms. The van der Waals surface area contributed by atoms with Crippen molar-refractivity contribution < 1.29 is 14.4 Å². The first-order chi connectivity index (χ1) is 10.5. The van der Waals surface area contributed by atoms with Crippen LogP contribution in [-0.4, -0.2) is 18.9 Å². The van der Waals surface area contributed by atoms with Gasteiger partial charge >= 0.3 is 0 Å². The van der Waals surface area contributed by atoms with Crippen molar-refractivity contribution in [2.45, 2.75) is 6.92 Å². The second kappa shape index (κ2) is 6.95. The van der Waals surface area contributed by atoms with Gasteiger partial charge in [-0.1, -0.05) is 35.9 Å². The third-order valence-corrected chi connectivity index (χ3v) is 3.32. The summed E-state index contributed by atoms with van der Waals surface area (Å²) in [5.41, 5.74) is 4.25. The molecule has 2 aromatic rings. The fraction of sp³-hybridized carbons (Fsp3) is 0.125. The van der Waals surface area contributed by atoms with Crippen molar-refractivity contribution in [3.05, 3.63) is 53.1 Å². The molecule has 0 radical (unpaired) electrons. The third-order valence-electron chi connectivity index (χ3n) is 2.93. The maximum absolute atomic E-state index is 11.7. The molecule has 2 amide bonds. The minimum absolute atomic E-state index is 0.177. The molecule has 6 heteroatoms. The summed E-state index contributed by atoms with van der Waals surface area (Å²) >= 11 is 6.32. The van der Waals surface area contributed by atoms with E-state index in [0.717, 1.165) is 5.56 Å². The smallest absolute Gasteiger partial charge is 0.251 e. The van der Waals surface area contributed by atoms with Crippen LogP contribution in [0.2, 0.25) is 5.02 Å². The Bertz CT molecular complexity index is 716. The predicted octanol–water partition coefficient (Wildman–Crippen LogP) is 2.80. The molecule has 0 aliphatic heterocycles. The van der Waals surface area contributed by atoms with Gasteiger partial charge in [-0.15, -0.1) is 0 Å². The quantitative estimate of drug-likeness (QED) is 0.852. The highest BCUT2D eigenvalue weighted by atomic mass is 35.5. The van der Waals surface area contributed by atoms with Gasteiger partial charge in [-0.25, -0.2) is 0 Å². The minimum Gasteiger partial charge on any atom is -0.378 e. The SMILES string of the molecule is CNC(=O)c1cccc(-c2cccc(ONC(C)=O)c2Cl)c1. The Labute approximate surface area is 133 Å². The lowest BCUT2D eigenvalue weighted by molar-refractivity contribution is -0.125. The van der Waals surface area contributed by atoms with Gasteiger partial charge in [-0.2, -0.15) is 5.48 Å². The van der Waals surface area contributed by atoms with E-state index >= 15 is 0 Å². The molecule has 114 valence electrons. The van der Waals surface area contributed by atoms with E-state index in [4.69, 9.17) is 16.4 Å². The lowest BCUT2D eigenvalue weighted by Gasteiger charge is -2.11. The molecular weight excluding hydrogens is 304 g/mol. The van der Waals surface area contributed by atoms with E-state index in [1.165, 1.54) is 6.92 Å². The highest BCUT2D eigenvalue weighted by Crippen LogP contribution is 2.35. The summed E-state index contributed by atoms with van der Waals surface area (Å²) in [6.07, 6.45) is 0. The Hall–Kier alpha value is -2.53. The van der Waals surface area contributed by atoms with Crippen molar-refractivity contribution in [1.29, 1.82) is 0 Å². The average Bonchev–Trinajstić information content (AvgIpc) is 2.53. The molecule has 2 rings (SSSR count). The molecule has 0 heterocycles. The third kappa shape index (κ3) is 3.56. The molecule has 0 aliphatic carbocycles. The lowest BCUT2D eigenvalue weighted by atomic mass is 10.0. The molecule has 0 fully saturated rings. The Morgan fingerprint density at radius 3 is 2.55 bits per heavy atom. The minimum atomic E-state index is -0.330. The van der Waals surface area contributed by atoms with Gasteiger partial charge in [-0.05, 0) is 23.8 Å². The summed E-state index contributed by atoms with van der Waals surface area (Å²) < 4.78 is 0. The lowest BCUT2D eigenvalue weighted by Crippen LogP contribution is -2.23. The first-order valence-corrected chi connectivity index (χ1v) is 6.95. The number of amides is 2. The number of hydrogen-bond donors (Lipinski definition) is 2. The average molecular weight is 319 g/mol. The van der Waals surface area contributed by atoms with E-state index in [0.29, 0.717) is 21.9 Å². The highest BCUT2D eigenvalue weighted by molar-refractivity contribution is 6.34. The molecule has 0 unspecified atom stereocenters. The van der Waals surface area contributed by atoms with Crippen LogP contribution in [0.25, 0.3) is 11.1 Å². The molecule has 0 atom stereocenters. The van der Waals surface area contributed by atoms with E-state index in [1.807, 2.05) is 12.1 Å². The van der Waals surface area contributed by atoms with E-state index in [9.17, 15) is 9.59 Å². The Kier molecular flexibility index (Phi) is 5.01. The molecule has 0 aromatic heterocycles. The summed E-state index contributed by atoms with van der Waals surface area (Å²) in [4.78, 5) is 27.8. The second-order valence-electron chi connectivity index (χ2n) is 4.54. The second-order valence-corrected chi connectivity index (χ2v) is 4.92. The van der Waals surface area contributed by atoms with Crippen LogP contribution in [0.4, 0.5) is 0 Å². The highest BCUT2D eigenvalue weighted by Gasteiger charge is 2.12. The topological polar surface area (TPSA) is 67.4 Å². The van der Waals surface area contributed by atoms with Gasteiger partial charge in [0, 0.05) is 25.1 Å². The van der Waals surface area contributed by atoms with E-state index < -0.39 is 0 Å². The molecule has 0 bridgehead atoms. The van der Waals surface area contributed by atoms with Crippen molar-refractivity contribution in [3.63, 3.8) is 0 Å². The van der Waals surface area contributed by atoms with Crippen molar-refractivity contribution in [1.82, 2.24) is 10.8 Å². The predicted molar refractivity (Wildman–Crippen MR) is 84.7 cm³/mol. The summed E-state index contributed by atoms with van der Waals surface area (Å²) in [5, 5.41) is 2.93. The molecular formula is C16H15ClN2O3. The Morgan fingerprint density at radius 2 is 1.86 bits per heavy atom. The Morgan fingerprint density at radius 1 is 1.14 bits per heavy atom. The van der Waals surface area contributed by atoms with E-state index in [2.05, 4.69) is 10.8 Å². The number of hydrogen-bond acceptors (Lipinski definition) is 3. The molecule has 0 saturated carbocycles. The number of benzene rings is 2. The van der Waals surface area contributed by atoms with Gasteiger partial charge in [0.1, 0.15) is 0 Å². The molecule has 2 N–H and O–H groups in total. The fourth-order valence-corrected chi connectivity index (χ4v) is 2.19.